The predicted octanol–water partition coefficient (Wildman–Crippen LogP) is 3.97. The van der Waals surface area contributed by atoms with Crippen LogP contribution in [0.2, 0.25) is 0 Å². The number of nitrogens with two attached hydrogens (primary N) is 2. The lowest BCUT2D eigenvalue weighted by Gasteiger charge is -2.49. The van der Waals surface area contributed by atoms with Crippen molar-refractivity contribution in [2.45, 2.75) is 74.5 Å². The van der Waals surface area contributed by atoms with Crippen molar-refractivity contribution in [3.63, 3.8) is 0 Å². The Labute approximate surface area is 447 Å². The molecule has 0 saturated carbocycles. The number of carbonyl (C=O) groups excluding carboxylic acids is 4. The summed E-state index contributed by atoms with van der Waals surface area (Å²) in [6, 6.07) is 37.4. The molecular weight excluding hydrogens is 1020 g/mol. The van der Waals surface area contributed by atoms with Gasteiger partial charge in [-0.05, 0) is 86.3 Å². The number of anilines is 3. The van der Waals surface area contributed by atoms with Gasteiger partial charge in [0.25, 0.3) is 11.8 Å². The molecule has 2 unspecified atom stereocenters. The lowest BCUT2D eigenvalue weighted by atomic mass is 9.77. The van der Waals surface area contributed by atoms with Gasteiger partial charge in [-0.25, -0.2) is 19.1 Å². The first-order valence-corrected chi connectivity index (χ1v) is 26.0. The second-order valence-electron chi connectivity index (χ2n) is 18.5. The van der Waals surface area contributed by atoms with E-state index in [4.69, 9.17) is 35.5 Å². The molecule has 4 heterocycles. The van der Waals surface area contributed by atoms with Crippen LogP contribution in [0.15, 0.2) is 148 Å². The molecule has 21 heteroatoms. The Kier molecular flexibility index (Phi) is 17.0. The number of β-lactam (4-membered cyclic amide) rings is 1. The number of methoxy groups -OCH3 is 1. The number of carbonyl (C=O) groups is 4. The number of aromatic nitrogens is 3. The monoisotopic (exact) mass is 1080 g/mol. The number of benzene rings is 4. The van der Waals surface area contributed by atoms with Crippen LogP contribution in [-0.2, 0) is 52.7 Å². The second-order valence-corrected chi connectivity index (χ2v) is 21.4. The number of nitrogens with one attached hydrogen (secondary N) is 2. The van der Waals surface area contributed by atoms with Crippen LogP contribution in [0, 0.1) is 0 Å². The number of hydrogen-bond acceptors (Lipinski definition) is 17. The van der Waals surface area contributed by atoms with E-state index in [2.05, 4.69) is 20.8 Å². The van der Waals surface area contributed by atoms with Crippen LogP contribution in [0.3, 0.4) is 0 Å². The number of halogens is 1. The first kappa shape index (κ1) is 54.6. The summed E-state index contributed by atoms with van der Waals surface area (Å²) >= 11 is 3.89. The van der Waals surface area contributed by atoms with Gasteiger partial charge >= 0.3 is 17.1 Å². The quantitative estimate of drug-likeness (QED) is 0.0140. The van der Waals surface area contributed by atoms with Crippen LogP contribution in [0.25, 0.3) is 0 Å². The van der Waals surface area contributed by atoms with Crippen molar-refractivity contribution in [1.29, 1.82) is 0 Å². The predicted molar refractivity (Wildman–Crippen MR) is 282 cm³/mol. The minimum Gasteiger partial charge on any atom is -1.00 e. The van der Waals surface area contributed by atoms with Gasteiger partial charge in [-0.1, -0.05) is 113 Å². The van der Waals surface area contributed by atoms with E-state index in [1.165, 1.54) is 53.6 Å². The van der Waals surface area contributed by atoms with E-state index in [9.17, 15) is 19.2 Å². The molecule has 2 aliphatic heterocycles. The molecular formula is C53H56ClN9O8S3. The molecule has 2 aromatic heterocycles. The highest BCUT2D eigenvalue weighted by Gasteiger charge is 2.55. The highest BCUT2D eigenvalue weighted by Crippen LogP contribution is 2.43. The molecule has 0 aliphatic carbocycles. The number of thiazole rings is 1. The molecule has 386 valence electrons. The summed E-state index contributed by atoms with van der Waals surface area (Å²) in [4.78, 5) is 73.4. The van der Waals surface area contributed by atoms with E-state index in [1.54, 1.807) is 75.2 Å². The summed E-state index contributed by atoms with van der Waals surface area (Å²) in [5, 5.41) is 12.7. The SMILES string of the molecule is COc1ccc(COC(=O)C2=C(CSc3nc(N)cc(N)[n+]3C)CSC3C(NC(=O)/C(=N\OC(C)(C)C(=O)OC(C)(C)C)c4csc(NC(c5ccccc5)(c5ccccc5)c5ccccc5)n4)C(=O)N23)cc1.[Cl-]. The fourth-order valence-electron chi connectivity index (χ4n) is 7.97. The first-order valence-electron chi connectivity index (χ1n) is 23.1. The van der Waals surface area contributed by atoms with Gasteiger partial charge < -0.3 is 53.6 Å². The minimum atomic E-state index is -1.66. The van der Waals surface area contributed by atoms with Crippen molar-refractivity contribution < 1.29 is 55.2 Å². The summed E-state index contributed by atoms with van der Waals surface area (Å²) in [6.45, 7) is 8.05. The lowest BCUT2D eigenvalue weighted by molar-refractivity contribution is -0.698. The maximum Gasteiger partial charge on any atom is 0.355 e. The van der Waals surface area contributed by atoms with Gasteiger partial charge in [0.1, 0.15) is 46.3 Å². The van der Waals surface area contributed by atoms with Crippen molar-refractivity contribution >= 4 is 81.1 Å². The Bertz CT molecular complexity index is 2970. The topological polar surface area (TPSA) is 227 Å². The molecule has 0 bridgehead atoms. The standard InChI is InChI=1S/C53H55N9O8S3.ClH/c1-51(2,3)69-48(66)52(4,5)70-60-41(38-31-72-49(56-38)59-53(34-17-11-8-12-18-34,35-19-13-9-14-20-35)36-21-15-10-16-22-36)44(63)58-42-45(64)62-43(47(65)68-28-32-23-25-37(67-7)26-24-32)33(29-71-46(42)62)30-73-50-57-39(54)27-40(55)61(50)6;/h8-27,31,42,46H,28-30H2,1-7H3,(H5,54,55,56,58,59,63);1H/b60-41-;. The van der Waals surface area contributed by atoms with Gasteiger partial charge in [-0.3, -0.25) is 14.5 Å². The van der Waals surface area contributed by atoms with Crippen LogP contribution in [0.5, 0.6) is 5.75 Å². The number of oxime groups is 1. The number of nitrogens with zero attached hydrogens (tertiary/aromatic N) is 5. The van der Waals surface area contributed by atoms with Gasteiger partial charge in [0, 0.05) is 16.9 Å². The van der Waals surface area contributed by atoms with Crippen LogP contribution >= 0.6 is 34.9 Å². The number of thioether (sulfide) groups is 2. The number of esters is 2. The molecule has 1 saturated heterocycles. The number of ether oxygens (including phenoxy) is 3. The molecule has 2 amide bonds. The van der Waals surface area contributed by atoms with E-state index < -0.39 is 51.9 Å². The van der Waals surface area contributed by atoms with Crippen LogP contribution in [0.4, 0.5) is 16.8 Å². The zero-order chi connectivity index (χ0) is 52.1. The molecule has 2 aliphatic rings. The van der Waals surface area contributed by atoms with Crippen molar-refractivity contribution in [3.05, 3.63) is 166 Å². The van der Waals surface area contributed by atoms with Crippen LogP contribution in [-0.4, -0.2) is 85.6 Å². The number of rotatable bonds is 18. The average Bonchev–Trinajstić information content (AvgIpc) is 3.85. The lowest BCUT2D eigenvalue weighted by Crippen LogP contribution is -3.00. The average molecular weight is 1080 g/mol. The molecule has 17 nitrogen and oxygen atoms in total. The smallest absolute Gasteiger partial charge is 0.355 e. The number of amides is 2. The van der Waals surface area contributed by atoms with Gasteiger partial charge in [0.05, 0.1) is 20.2 Å². The summed E-state index contributed by atoms with van der Waals surface area (Å²) < 4.78 is 18.4. The fourth-order valence-corrected chi connectivity index (χ4v) is 11.2. The molecule has 6 aromatic rings. The number of hydrogen-bond donors (Lipinski definition) is 4. The van der Waals surface area contributed by atoms with Gasteiger partial charge in [0.15, 0.2) is 10.8 Å². The Morgan fingerprint density at radius 2 is 1.47 bits per heavy atom. The maximum absolute atomic E-state index is 14.8. The largest absolute Gasteiger partial charge is 1.00 e. The third-order valence-electron chi connectivity index (χ3n) is 11.8. The summed E-state index contributed by atoms with van der Waals surface area (Å²) in [6.07, 6.45) is 0. The Morgan fingerprint density at radius 1 is 0.878 bits per heavy atom. The Hall–Kier alpha value is -7.13. The van der Waals surface area contributed by atoms with Crippen molar-refractivity contribution in [2.75, 3.05) is 35.4 Å². The summed E-state index contributed by atoms with van der Waals surface area (Å²) in [5.74, 6) is -1.03. The minimum absolute atomic E-state index is 0. The zero-order valence-electron chi connectivity index (χ0n) is 41.7. The van der Waals surface area contributed by atoms with Crippen molar-refractivity contribution in [1.82, 2.24) is 20.2 Å². The highest BCUT2D eigenvalue weighted by atomic mass is 35.5. The van der Waals surface area contributed by atoms with E-state index in [0.717, 1.165) is 16.7 Å². The van der Waals surface area contributed by atoms with Crippen LogP contribution < -0.4 is 43.8 Å². The molecule has 0 radical (unpaired) electrons. The van der Waals surface area contributed by atoms with E-state index in [0.29, 0.717) is 38.7 Å². The van der Waals surface area contributed by atoms with E-state index in [1.807, 2.05) is 91.0 Å². The molecule has 1 fully saturated rings. The van der Waals surface area contributed by atoms with Gasteiger partial charge in [-0.2, -0.15) is 0 Å². The van der Waals surface area contributed by atoms with Crippen LogP contribution in [0.1, 0.15) is 62.6 Å². The van der Waals surface area contributed by atoms with E-state index >= 15 is 0 Å². The highest BCUT2D eigenvalue weighted by molar-refractivity contribution is 8.01. The molecule has 74 heavy (non-hydrogen) atoms. The second kappa shape index (κ2) is 23.0. The fraction of sp³-hybridized carbons (Fsp3) is 0.283. The third kappa shape index (κ3) is 11.9. The molecule has 6 N–H and O–H groups in total. The van der Waals surface area contributed by atoms with Crippen molar-refractivity contribution in [2.24, 2.45) is 12.2 Å². The third-order valence-corrected chi connectivity index (χ3v) is 15.0. The molecule has 0 spiro atoms. The van der Waals surface area contributed by atoms with Crippen molar-refractivity contribution in [3.8, 4) is 5.75 Å². The van der Waals surface area contributed by atoms with Gasteiger partial charge in [-0.15, -0.1) is 23.1 Å². The number of nitrogen functional groups attached to an aromatic ring is 2. The Balaban J connectivity index is 0.00000800. The zero-order valence-corrected chi connectivity index (χ0v) is 44.9. The normalized spacial score (nSPS) is 15.7. The van der Waals surface area contributed by atoms with Gasteiger partial charge in [0.2, 0.25) is 17.2 Å². The summed E-state index contributed by atoms with van der Waals surface area (Å²) in [7, 11) is 3.31. The molecule has 2 atom stereocenters. The molecule has 8 rings (SSSR count). The first-order chi connectivity index (χ1) is 34.9. The maximum atomic E-state index is 14.8. The molecule has 4 aromatic carbocycles. The Morgan fingerprint density at radius 3 is 2.04 bits per heavy atom. The van der Waals surface area contributed by atoms with E-state index in [-0.39, 0.29) is 47.7 Å². The number of fused-ring (bicyclic) bond motifs is 1. The summed E-state index contributed by atoms with van der Waals surface area (Å²) in [5.41, 5.74) is 12.7.